The smallest absolute Gasteiger partial charge is 0.322 e. The third-order valence-corrected chi connectivity index (χ3v) is 4.62. The summed E-state index contributed by atoms with van der Waals surface area (Å²) in [4.78, 5) is 37.0. The number of morpholine rings is 1. The second-order valence-electron chi connectivity index (χ2n) is 6.45. The highest BCUT2D eigenvalue weighted by Crippen LogP contribution is 2.27. The number of ether oxygens (including phenoxy) is 1. The number of carbonyl (C=O) groups excluding carboxylic acids is 2. The minimum atomic E-state index is -1.10. The van der Waals surface area contributed by atoms with Gasteiger partial charge in [-0.3, -0.25) is 9.59 Å². The monoisotopic (exact) mass is 341 g/mol. The fraction of sp³-hybridized carbons (Fsp3) is 0.812. The molecule has 1 heterocycles. The normalized spacial score (nSPS) is 20.2. The van der Waals surface area contributed by atoms with Crippen LogP contribution >= 0.6 is 0 Å². The number of nitrogens with one attached hydrogen (secondary N) is 2. The van der Waals surface area contributed by atoms with Gasteiger partial charge in [-0.05, 0) is 12.3 Å². The van der Waals surface area contributed by atoms with Crippen LogP contribution in [0, 0.1) is 5.92 Å². The minimum absolute atomic E-state index is 0.287. The Morgan fingerprint density at radius 1 is 1.12 bits per heavy atom. The highest BCUT2D eigenvalue weighted by Gasteiger charge is 2.28. The van der Waals surface area contributed by atoms with Gasteiger partial charge in [0.05, 0.1) is 13.2 Å². The van der Waals surface area contributed by atoms with Crippen LogP contribution in [0.1, 0.15) is 38.5 Å². The van der Waals surface area contributed by atoms with Crippen molar-refractivity contribution in [1.82, 2.24) is 15.5 Å². The van der Waals surface area contributed by atoms with Crippen molar-refractivity contribution in [1.29, 1.82) is 0 Å². The quantitative estimate of drug-likeness (QED) is 0.654. The summed E-state index contributed by atoms with van der Waals surface area (Å²) in [6.45, 7) is 1.54. The van der Waals surface area contributed by atoms with Gasteiger partial charge in [0.15, 0.2) is 0 Å². The molecule has 2 aliphatic rings. The van der Waals surface area contributed by atoms with Crippen molar-refractivity contribution in [2.75, 3.05) is 32.8 Å². The summed E-state index contributed by atoms with van der Waals surface area (Å²) in [5, 5.41) is 13.9. The number of carbonyl (C=O) groups is 3. The topological polar surface area (TPSA) is 108 Å². The maximum Gasteiger partial charge on any atom is 0.322 e. The molecular weight excluding hydrogens is 314 g/mol. The van der Waals surface area contributed by atoms with Crippen molar-refractivity contribution in [3.63, 3.8) is 0 Å². The van der Waals surface area contributed by atoms with Gasteiger partial charge in [0.1, 0.15) is 12.6 Å². The third-order valence-electron chi connectivity index (χ3n) is 4.62. The molecule has 2 rings (SSSR count). The SMILES string of the molecule is O=C(O)CNC(=O)[C@H](CC1CCCCC1)NC(=O)N1CCOCC1. The van der Waals surface area contributed by atoms with E-state index in [1.807, 2.05) is 0 Å². The van der Waals surface area contributed by atoms with Gasteiger partial charge in [0, 0.05) is 13.1 Å². The first-order valence-electron chi connectivity index (χ1n) is 8.69. The molecule has 0 radical (unpaired) electrons. The molecule has 136 valence electrons. The minimum Gasteiger partial charge on any atom is -0.480 e. The Morgan fingerprint density at radius 3 is 2.42 bits per heavy atom. The molecular formula is C16H27N3O5. The molecule has 0 unspecified atom stereocenters. The van der Waals surface area contributed by atoms with Gasteiger partial charge in [-0.2, -0.15) is 0 Å². The standard InChI is InChI=1S/C16H27N3O5/c20-14(21)11-17-15(22)13(10-12-4-2-1-3-5-12)18-16(23)19-6-8-24-9-7-19/h12-13H,1-11H2,(H,17,22)(H,18,23)(H,20,21)/t13-/m0/s1. The van der Waals surface area contributed by atoms with Crippen LogP contribution < -0.4 is 10.6 Å². The van der Waals surface area contributed by atoms with Crippen LogP contribution in [-0.4, -0.2) is 66.8 Å². The van der Waals surface area contributed by atoms with Crippen LogP contribution in [0.2, 0.25) is 0 Å². The van der Waals surface area contributed by atoms with Crippen LogP contribution in [0.15, 0.2) is 0 Å². The van der Waals surface area contributed by atoms with Gasteiger partial charge in [-0.25, -0.2) is 4.79 Å². The zero-order valence-corrected chi connectivity index (χ0v) is 14.0. The molecule has 8 nitrogen and oxygen atoms in total. The lowest BCUT2D eigenvalue weighted by molar-refractivity contribution is -0.138. The molecule has 1 saturated heterocycles. The van der Waals surface area contributed by atoms with Gasteiger partial charge in [0.2, 0.25) is 5.91 Å². The predicted octanol–water partition coefficient (Wildman–Crippen LogP) is 0.568. The Balaban J connectivity index is 1.93. The molecule has 1 aliphatic carbocycles. The van der Waals surface area contributed by atoms with E-state index in [1.165, 1.54) is 6.42 Å². The van der Waals surface area contributed by atoms with Crippen molar-refractivity contribution in [3.8, 4) is 0 Å². The van der Waals surface area contributed by atoms with Gasteiger partial charge in [-0.1, -0.05) is 32.1 Å². The van der Waals surface area contributed by atoms with E-state index in [9.17, 15) is 14.4 Å². The fourth-order valence-electron chi connectivity index (χ4n) is 3.28. The number of nitrogens with zero attached hydrogens (tertiary/aromatic N) is 1. The zero-order chi connectivity index (χ0) is 17.4. The van der Waals surface area contributed by atoms with E-state index in [1.54, 1.807) is 4.90 Å². The van der Waals surface area contributed by atoms with Crippen LogP contribution in [0.3, 0.4) is 0 Å². The lowest BCUT2D eigenvalue weighted by atomic mass is 9.84. The molecule has 0 spiro atoms. The Kier molecular flexibility index (Phi) is 7.30. The molecule has 1 aliphatic heterocycles. The lowest BCUT2D eigenvalue weighted by Crippen LogP contribution is -2.54. The Bertz CT molecular complexity index is 445. The van der Waals surface area contributed by atoms with Crippen molar-refractivity contribution < 1.29 is 24.2 Å². The molecule has 0 aromatic rings. The van der Waals surface area contributed by atoms with Crippen molar-refractivity contribution in [2.24, 2.45) is 5.92 Å². The lowest BCUT2D eigenvalue weighted by Gasteiger charge is -2.31. The van der Waals surface area contributed by atoms with Crippen molar-refractivity contribution in [3.05, 3.63) is 0 Å². The summed E-state index contributed by atoms with van der Waals surface area (Å²) in [6, 6.07) is -0.979. The number of urea groups is 1. The number of carboxylic acid groups (broad SMARTS) is 1. The molecule has 1 saturated carbocycles. The van der Waals surface area contributed by atoms with Gasteiger partial charge >= 0.3 is 12.0 Å². The van der Waals surface area contributed by atoms with Crippen molar-refractivity contribution >= 4 is 17.9 Å². The summed E-state index contributed by atoms with van der Waals surface area (Å²) in [6.07, 6.45) is 6.16. The molecule has 0 bridgehead atoms. The van der Waals surface area contributed by atoms with E-state index in [0.29, 0.717) is 38.6 Å². The first-order chi connectivity index (χ1) is 11.6. The molecule has 24 heavy (non-hydrogen) atoms. The highest BCUT2D eigenvalue weighted by molar-refractivity contribution is 5.89. The summed E-state index contributed by atoms with van der Waals surface area (Å²) in [7, 11) is 0. The first kappa shape index (κ1) is 18.5. The number of aliphatic carboxylic acids is 1. The molecule has 0 aromatic carbocycles. The maximum absolute atomic E-state index is 12.4. The number of amides is 3. The highest BCUT2D eigenvalue weighted by atomic mass is 16.5. The number of rotatable bonds is 6. The molecule has 1 atom stereocenters. The Hall–Kier alpha value is -1.83. The summed E-state index contributed by atoms with van der Waals surface area (Å²) in [5.41, 5.74) is 0. The average molecular weight is 341 g/mol. The van der Waals surface area contributed by atoms with Crippen LogP contribution in [0.5, 0.6) is 0 Å². The third kappa shape index (κ3) is 5.99. The van der Waals surface area contributed by atoms with Gasteiger partial charge in [-0.15, -0.1) is 0 Å². The van der Waals surface area contributed by atoms with E-state index in [4.69, 9.17) is 9.84 Å². The summed E-state index contributed by atoms with van der Waals surface area (Å²) in [5.74, 6) is -1.13. The van der Waals surface area contributed by atoms with Crippen molar-refractivity contribution in [2.45, 2.75) is 44.6 Å². The van der Waals surface area contributed by atoms with E-state index in [0.717, 1.165) is 25.7 Å². The fourth-order valence-corrected chi connectivity index (χ4v) is 3.28. The average Bonchev–Trinajstić information content (AvgIpc) is 2.60. The van der Waals surface area contributed by atoms with Crippen LogP contribution in [-0.2, 0) is 14.3 Å². The molecule has 0 aromatic heterocycles. The van der Waals surface area contributed by atoms with Gasteiger partial charge in [0.25, 0.3) is 0 Å². The molecule has 3 amide bonds. The Labute approximate surface area is 141 Å². The van der Waals surface area contributed by atoms with Crippen LogP contribution in [0.25, 0.3) is 0 Å². The molecule has 2 fully saturated rings. The second kappa shape index (κ2) is 9.46. The van der Waals surface area contributed by atoms with E-state index < -0.39 is 24.5 Å². The van der Waals surface area contributed by atoms with Gasteiger partial charge < -0.3 is 25.4 Å². The Morgan fingerprint density at radius 2 is 1.79 bits per heavy atom. The number of hydrogen-bond donors (Lipinski definition) is 3. The maximum atomic E-state index is 12.4. The predicted molar refractivity (Wildman–Crippen MR) is 86.5 cm³/mol. The molecule has 8 heteroatoms. The first-order valence-corrected chi connectivity index (χ1v) is 8.69. The zero-order valence-electron chi connectivity index (χ0n) is 14.0. The van der Waals surface area contributed by atoms with Crippen LogP contribution in [0.4, 0.5) is 4.79 Å². The van der Waals surface area contributed by atoms with E-state index in [2.05, 4.69) is 10.6 Å². The number of carboxylic acids is 1. The summed E-state index contributed by atoms with van der Waals surface area (Å²) < 4.78 is 5.22. The molecule has 3 N–H and O–H groups in total. The summed E-state index contributed by atoms with van der Waals surface area (Å²) >= 11 is 0. The van der Waals surface area contributed by atoms with E-state index >= 15 is 0 Å². The number of hydrogen-bond acceptors (Lipinski definition) is 4. The second-order valence-corrected chi connectivity index (χ2v) is 6.45. The largest absolute Gasteiger partial charge is 0.480 e. The van der Waals surface area contributed by atoms with E-state index in [-0.39, 0.29) is 6.03 Å².